The number of nitrogens with one attached hydrogen (secondary N) is 2. The molecule has 1 unspecified atom stereocenters. The van der Waals surface area contributed by atoms with Crippen LogP contribution in [0.2, 0.25) is 5.02 Å². The van der Waals surface area contributed by atoms with E-state index < -0.39 is 17.9 Å². The molecule has 0 radical (unpaired) electrons. The highest BCUT2D eigenvalue weighted by molar-refractivity contribution is 6.40. The monoisotopic (exact) mass is 392 g/mol. The normalized spacial score (nSPS) is 11.4. The van der Waals surface area contributed by atoms with Crippen molar-refractivity contribution in [1.82, 2.24) is 5.32 Å². The summed E-state index contributed by atoms with van der Waals surface area (Å²) >= 11 is 5.89. The number of carbonyl (C=O) groups excluding carboxylic acids is 2. The average Bonchev–Trinajstić information content (AvgIpc) is 2.67. The molecule has 2 rings (SSSR count). The summed E-state index contributed by atoms with van der Waals surface area (Å²) < 4.78 is 10.3. The van der Waals surface area contributed by atoms with Crippen LogP contribution in [0.25, 0.3) is 0 Å². The van der Waals surface area contributed by atoms with Gasteiger partial charge in [-0.3, -0.25) is 9.59 Å². The van der Waals surface area contributed by atoms with Gasteiger partial charge < -0.3 is 25.2 Å². The highest BCUT2D eigenvalue weighted by Crippen LogP contribution is 2.29. The number of anilines is 1. The van der Waals surface area contributed by atoms with E-state index in [2.05, 4.69) is 10.6 Å². The van der Waals surface area contributed by atoms with Gasteiger partial charge in [0.05, 0.1) is 20.3 Å². The summed E-state index contributed by atoms with van der Waals surface area (Å²) in [6.07, 6.45) is -1.02. The van der Waals surface area contributed by atoms with E-state index in [1.807, 2.05) is 0 Å². The summed E-state index contributed by atoms with van der Waals surface area (Å²) in [5.41, 5.74) is 1.73. The Morgan fingerprint density at radius 1 is 1.07 bits per heavy atom. The van der Waals surface area contributed by atoms with E-state index in [-0.39, 0.29) is 6.54 Å². The average molecular weight is 393 g/mol. The molecule has 1 atom stereocenters. The second-order valence-corrected chi connectivity index (χ2v) is 6.19. The van der Waals surface area contributed by atoms with E-state index >= 15 is 0 Å². The Morgan fingerprint density at radius 2 is 1.78 bits per heavy atom. The van der Waals surface area contributed by atoms with Crippen LogP contribution in [0, 0.1) is 6.92 Å². The molecule has 0 fully saturated rings. The number of carbonyl (C=O) groups is 2. The van der Waals surface area contributed by atoms with Crippen molar-refractivity contribution in [2.75, 3.05) is 26.1 Å². The lowest BCUT2D eigenvalue weighted by Gasteiger charge is -2.15. The van der Waals surface area contributed by atoms with E-state index in [0.29, 0.717) is 27.8 Å². The number of rotatable bonds is 6. The lowest BCUT2D eigenvalue weighted by molar-refractivity contribution is -0.136. The second-order valence-electron chi connectivity index (χ2n) is 5.75. The van der Waals surface area contributed by atoms with Gasteiger partial charge in [-0.15, -0.1) is 0 Å². The van der Waals surface area contributed by atoms with Gasteiger partial charge in [-0.05, 0) is 42.3 Å². The quantitative estimate of drug-likeness (QED) is 0.656. The third kappa shape index (κ3) is 5.35. The number of benzene rings is 2. The van der Waals surface area contributed by atoms with Crippen molar-refractivity contribution < 1.29 is 24.2 Å². The first-order chi connectivity index (χ1) is 12.8. The van der Waals surface area contributed by atoms with Crippen molar-refractivity contribution in [3.8, 4) is 11.5 Å². The maximum Gasteiger partial charge on any atom is 0.313 e. The molecular formula is C19H21ClN2O5. The molecule has 2 aromatic carbocycles. The van der Waals surface area contributed by atoms with Crippen LogP contribution in [0.3, 0.4) is 0 Å². The second kappa shape index (κ2) is 9.25. The minimum atomic E-state index is -1.02. The van der Waals surface area contributed by atoms with Gasteiger partial charge in [0.25, 0.3) is 0 Å². The fraction of sp³-hybridized carbons (Fsp3) is 0.263. The Bertz CT molecular complexity index is 841. The van der Waals surface area contributed by atoms with E-state index in [1.165, 1.54) is 14.2 Å². The molecule has 8 heteroatoms. The summed E-state index contributed by atoms with van der Waals surface area (Å²) in [5, 5.41) is 15.6. The van der Waals surface area contributed by atoms with Crippen LogP contribution in [-0.4, -0.2) is 37.7 Å². The number of aliphatic hydroxyl groups is 1. The highest BCUT2D eigenvalue weighted by Gasteiger charge is 2.18. The van der Waals surface area contributed by atoms with Crippen molar-refractivity contribution in [2.24, 2.45) is 0 Å². The van der Waals surface area contributed by atoms with E-state index in [4.69, 9.17) is 21.1 Å². The Morgan fingerprint density at radius 3 is 2.44 bits per heavy atom. The molecule has 3 N–H and O–H groups in total. The van der Waals surface area contributed by atoms with Crippen LogP contribution < -0.4 is 20.1 Å². The first-order valence-electron chi connectivity index (χ1n) is 8.11. The van der Waals surface area contributed by atoms with Gasteiger partial charge >= 0.3 is 11.8 Å². The van der Waals surface area contributed by atoms with Crippen LogP contribution in [-0.2, 0) is 9.59 Å². The van der Waals surface area contributed by atoms with Gasteiger partial charge in [-0.1, -0.05) is 23.7 Å². The van der Waals surface area contributed by atoms with Crippen LogP contribution >= 0.6 is 11.6 Å². The Labute approximate surface area is 162 Å². The van der Waals surface area contributed by atoms with E-state index in [1.54, 1.807) is 43.3 Å². The number of ether oxygens (including phenoxy) is 2. The number of methoxy groups -OCH3 is 2. The van der Waals surface area contributed by atoms with Crippen LogP contribution in [0.15, 0.2) is 36.4 Å². The van der Waals surface area contributed by atoms with Crippen molar-refractivity contribution in [3.63, 3.8) is 0 Å². The zero-order valence-corrected chi connectivity index (χ0v) is 16.0. The van der Waals surface area contributed by atoms with E-state index in [0.717, 1.165) is 5.56 Å². The number of amides is 2. The predicted octanol–water partition coefficient (Wildman–Crippen LogP) is 2.45. The molecule has 0 heterocycles. The minimum absolute atomic E-state index is 0.143. The fourth-order valence-electron chi connectivity index (χ4n) is 2.36. The van der Waals surface area contributed by atoms with Gasteiger partial charge in [0.1, 0.15) is 0 Å². The zero-order chi connectivity index (χ0) is 20.0. The van der Waals surface area contributed by atoms with Crippen molar-refractivity contribution in [1.29, 1.82) is 0 Å². The number of hydrogen-bond donors (Lipinski definition) is 3. The summed E-state index contributed by atoms with van der Waals surface area (Å²) in [5.74, 6) is -0.739. The molecular weight excluding hydrogens is 372 g/mol. The molecule has 2 aromatic rings. The largest absolute Gasteiger partial charge is 0.493 e. The maximum atomic E-state index is 12.0. The number of hydrogen-bond acceptors (Lipinski definition) is 5. The molecule has 0 saturated carbocycles. The van der Waals surface area contributed by atoms with Gasteiger partial charge in [0.2, 0.25) is 0 Å². The summed E-state index contributed by atoms with van der Waals surface area (Å²) in [4.78, 5) is 24.0. The lowest BCUT2D eigenvalue weighted by atomic mass is 10.1. The smallest absolute Gasteiger partial charge is 0.313 e. The maximum absolute atomic E-state index is 12.0. The molecule has 2 amide bonds. The van der Waals surface area contributed by atoms with Crippen molar-refractivity contribution in [2.45, 2.75) is 13.0 Å². The predicted molar refractivity (Wildman–Crippen MR) is 102 cm³/mol. The van der Waals surface area contributed by atoms with Crippen LogP contribution in [0.1, 0.15) is 17.2 Å². The number of aryl methyl sites for hydroxylation is 1. The Balaban J connectivity index is 1.96. The lowest BCUT2D eigenvalue weighted by Crippen LogP contribution is -2.37. The Hall–Kier alpha value is -2.77. The van der Waals surface area contributed by atoms with Gasteiger partial charge in [0, 0.05) is 17.3 Å². The molecule has 27 heavy (non-hydrogen) atoms. The first kappa shape index (κ1) is 20.5. The van der Waals surface area contributed by atoms with Gasteiger partial charge in [-0.25, -0.2) is 0 Å². The van der Waals surface area contributed by atoms with Crippen molar-refractivity contribution in [3.05, 3.63) is 52.5 Å². The molecule has 0 bridgehead atoms. The molecule has 0 aliphatic carbocycles. The molecule has 7 nitrogen and oxygen atoms in total. The molecule has 0 aromatic heterocycles. The molecule has 144 valence electrons. The third-order valence-electron chi connectivity index (χ3n) is 3.90. The molecule has 0 spiro atoms. The summed E-state index contributed by atoms with van der Waals surface area (Å²) in [6.45, 7) is 1.64. The van der Waals surface area contributed by atoms with Crippen LogP contribution in [0.5, 0.6) is 11.5 Å². The first-order valence-corrected chi connectivity index (χ1v) is 8.48. The minimum Gasteiger partial charge on any atom is -0.493 e. The van der Waals surface area contributed by atoms with E-state index in [9.17, 15) is 14.7 Å². The molecule has 0 aliphatic rings. The fourth-order valence-corrected chi connectivity index (χ4v) is 2.53. The van der Waals surface area contributed by atoms with Crippen molar-refractivity contribution >= 4 is 29.1 Å². The van der Waals surface area contributed by atoms with Gasteiger partial charge in [-0.2, -0.15) is 0 Å². The highest BCUT2D eigenvalue weighted by atomic mass is 35.5. The summed E-state index contributed by atoms with van der Waals surface area (Å²) in [6, 6.07) is 9.87. The van der Waals surface area contributed by atoms with Crippen LogP contribution in [0.4, 0.5) is 5.69 Å². The Kier molecular flexibility index (Phi) is 7.04. The SMILES string of the molecule is COc1ccc(C(O)CNC(=O)C(=O)Nc2cc(Cl)ccc2C)cc1OC. The zero-order valence-electron chi connectivity index (χ0n) is 15.2. The standard InChI is InChI=1S/C19H21ClN2O5/c1-11-4-6-13(20)9-14(11)22-19(25)18(24)21-10-15(23)12-5-7-16(26-2)17(8-12)27-3/h4-9,15,23H,10H2,1-3H3,(H,21,24)(H,22,25). The third-order valence-corrected chi connectivity index (χ3v) is 4.14. The topological polar surface area (TPSA) is 96.9 Å². The number of halogens is 1. The molecule has 0 aliphatic heterocycles. The molecule has 0 saturated heterocycles. The number of aliphatic hydroxyl groups excluding tert-OH is 1. The van der Waals surface area contributed by atoms with Gasteiger partial charge in [0.15, 0.2) is 11.5 Å². The summed E-state index contributed by atoms with van der Waals surface area (Å²) in [7, 11) is 2.99.